The lowest BCUT2D eigenvalue weighted by Gasteiger charge is -2.42. The number of aryl methyl sites for hydroxylation is 1. The van der Waals surface area contributed by atoms with Gasteiger partial charge in [0.15, 0.2) is 0 Å². The van der Waals surface area contributed by atoms with Gasteiger partial charge < -0.3 is 9.84 Å². The van der Waals surface area contributed by atoms with Crippen molar-refractivity contribution in [2.24, 2.45) is 0 Å². The lowest BCUT2D eigenvalue weighted by atomic mass is 10.1. The van der Waals surface area contributed by atoms with Gasteiger partial charge in [-0.1, -0.05) is 0 Å². The highest BCUT2D eigenvalue weighted by Gasteiger charge is 2.33. The van der Waals surface area contributed by atoms with Gasteiger partial charge in [0.05, 0.1) is 23.3 Å². The maximum atomic E-state index is 9.25. The number of aromatic nitrogens is 1. The second-order valence-corrected chi connectivity index (χ2v) is 6.52. The van der Waals surface area contributed by atoms with Gasteiger partial charge in [-0.05, 0) is 20.8 Å². The fourth-order valence-electron chi connectivity index (χ4n) is 2.33. The molecule has 0 aromatic carbocycles. The molecule has 1 saturated heterocycles. The summed E-state index contributed by atoms with van der Waals surface area (Å²) in [6.07, 6.45) is 1.86. The first kappa shape index (κ1) is 13.0. The number of ether oxygens (including phenoxy) is 1. The van der Waals surface area contributed by atoms with Crippen LogP contribution in [0.3, 0.4) is 0 Å². The Morgan fingerprint density at radius 1 is 1.65 bits per heavy atom. The molecule has 4 nitrogen and oxygen atoms in total. The van der Waals surface area contributed by atoms with Gasteiger partial charge in [0.2, 0.25) is 0 Å². The zero-order chi connectivity index (χ0) is 12.5. The second-order valence-electron chi connectivity index (χ2n) is 5.20. The molecule has 1 aliphatic rings. The number of thiazole rings is 1. The van der Waals surface area contributed by atoms with E-state index in [2.05, 4.69) is 23.7 Å². The van der Waals surface area contributed by atoms with Crippen molar-refractivity contribution in [1.82, 2.24) is 9.88 Å². The first-order valence-corrected chi connectivity index (χ1v) is 6.72. The molecular weight excluding hydrogens is 236 g/mol. The van der Waals surface area contributed by atoms with Crippen molar-refractivity contribution >= 4 is 11.3 Å². The van der Waals surface area contributed by atoms with Crippen LogP contribution in [-0.4, -0.2) is 46.4 Å². The van der Waals surface area contributed by atoms with Gasteiger partial charge in [-0.2, -0.15) is 0 Å². The van der Waals surface area contributed by atoms with Gasteiger partial charge in [0.25, 0.3) is 0 Å². The molecule has 0 radical (unpaired) electrons. The molecule has 96 valence electrons. The normalized spacial score (nSPS) is 25.1. The van der Waals surface area contributed by atoms with Crippen molar-refractivity contribution < 1.29 is 9.84 Å². The Hall–Kier alpha value is -0.490. The van der Waals surface area contributed by atoms with Crippen LogP contribution in [0.5, 0.6) is 0 Å². The minimum atomic E-state index is -0.189. The van der Waals surface area contributed by atoms with E-state index in [9.17, 15) is 5.11 Å². The van der Waals surface area contributed by atoms with Crippen molar-refractivity contribution in [1.29, 1.82) is 0 Å². The smallest absolute Gasteiger partial charge is 0.0940 e. The quantitative estimate of drug-likeness (QED) is 0.888. The molecule has 0 saturated carbocycles. The lowest BCUT2D eigenvalue weighted by molar-refractivity contribution is -0.150. The summed E-state index contributed by atoms with van der Waals surface area (Å²) in [5, 5.41) is 10.4. The van der Waals surface area contributed by atoms with E-state index < -0.39 is 0 Å². The Morgan fingerprint density at radius 2 is 2.41 bits per heavy atom. The summed E-state index contributed by atoms with van der Waals surface area (Å²) in [7, 11) is 0. The second kappa shape index (κ2) is 5.02. The number of morpholine rings is 1. The molecule has 1 aliphatic heterocycles. The molecule has 1 N–H and O–H groups in total. The lowest BCUT2D eigenvalue weighted by Crippen LogP contribution is -2.53. The molecule has 1 aromatic heterocycles. The summed E-state index contributed by atoms with van der Waals surface area (Å²) in [6, 6.07) is 0. The van der Waals surface area contributed by atoms with Crippen LogP contribution in [0.2, 0.25) is 0 Å². The van der Waals surface area contributed by atoms with Crippen molar-refractivity contribution in [2.45, 2.75) is 39.0 Å². The van der Waals surface area contributed by atoms with Gasteiger partial charge in [0, 0.05) is 30.7 Å². The molecule has 1 fully saturated rings. The van der Waals surface area contributed by atoms with Crippen LogP contribution in [0.1, 0.15) is 23.7 Å². The number of nitrogens with zero attached hydrogens (tertiary/aromatic N) is 2. The number of hydrogen-bond acceptors (Lipinski definition) is 5. The molecule has 17 heavy (non-hydrogen) atoms. The molecule has 2 rings (SSSR count). The van der Waals surface area contributed by atoms with E-state index in [-0.39, 0.29) is 18.3 Å². The molecule has 0 amide bonds. The first-order chi connectivity index (χ1) is 7.98. The minimum Gasteiger partial charge on any atom is -0.394 e. The average molecular weight is 256 g/mol. The van der Waals surface area contributed by atoms with Crippen LogP contribution in [0.15, 0.2) is 6.20 Å². The van der Waals surface area contributed by atoms with E-state index in [4.69, 9.17) is 4.74 Å². The Labute approximate surface area is 106 Å². The fourth-order valence-corrected chi connectivity index (χ4v) is 3.17. The highest BCUT2D eigenvalue weighted by Crippen LogP contribution is 2.23. The van der Waals surface area contributed by atoms with Crippen LogP contribution in [-0.2, 0) is 11.3 Å². The Kier molecular flexibility index (Phi) is 3.82. The molecular formula is C12H20N2O2S. The molecule has 0 spiro atoms. The molecule has 1 aromatic rings. The Balaban J connectivity index is 2.00. The van der Waals surface area contributed by atoms with Crippen molar-refractivity contribution in [3.05, 3.63) is 16.1 Å². The van der Waals surface area contributed by atoms with Crippen LogP contribution in [0, 0.1) is 6.92 Å². The summed E-state index contributed by atoms with van der Waals surface area (Å²) in [6.45, 7) is 8.82. The van der Waals surface area contributed by atoms with Gasteiger partial charge in [-0.25, -0.2) is 4.98 Å². The third kappa shape index (κ3) is 3.48. The third-order valence-electron chi connectivity index (χ3n) is 2.80. The number of aliphatic hydroxyl groups is 1. The average Bonchev–Trinajstić information content (AvgIpc) is 2.61. The largest absolute Gasteiger partial charge is 0.394 e. The van der Waals surface area contributed by atoms with E-state index in [1.165, 1.54) is 4.88 Å². The summed E-state index contributed by atoms with van der Waals surface area (Å²) >= 11 is 1.73. The molecule has 2 heterocycles. The monoisotopic (exact) mass is 256 g/mol. The highest BCUT2D eigenvalue weighted by atomic mass is 32.1. The van der Waals surface area contributed by atoms with Gasteiger partial charge >= 0.3 is 0 Å². The van der Waals surface area contributed by atoms with Crippen LogP contribution < -0.4 is 0 Å². The standard InChI is InChI=1S/C12H20N2O2S/c1-9-13-4-11(17-9)6-14-5-10(7-15)16-12(2,3)8-14/h4,10,15H,5-8H2,1-3H3/t10-/m1/s1. The number of aliphatic hydroxyl groups excluding tert-OH is 1. The summed E-state index contributed by atoms with van der Waals surface area (Å²) in [5.74, 6) is 0. The summed E-state index contributed by atoms with van der Waals surface area (Å²) in [4.78, 5) is 7.87. The summed E-state index contributed by atoms with van der Waals surface area (Å²) in [5.41, 5.74) is -0.189. The maximum Gasteiger partial charge on any atom is 0.0940 e. The van der Waals surface area contributed by atoms with Crippen molar-refractivity contribution in [2.75, 3.05) is 19.7 Å². The highest BCUT2D eigenvalue weighted by molar-refractivity contribution is 7.11. The van der Waals surface area contributed by atoms with Gasteiger partial charge in [0.1, 0.15) is 0 Å². The molecule has 1 atom stereocenters. The molecule has 0 bridgehead atoms. The van der Waals surface area contributed by atoms with Gasteiger partial charge in [-0.15, -0.1) is 11.3 Å². The molecule has 0 aliphatic carbocycles. The predicted octanol–water partition coefficient (Wildman–Crippen LogP) is 1.42. The number of rotatable bonds is 3. The Bertz CT molecular complexity index is 378. The number of hydrogen-bond donors (Lipinski definition) is 1. The van der Waals surface area contributed by atoms with Crippen LogP contribution >= 0.6 is 11.3 Å². The first-order valence-electron chi connectivity index (χ1n) is 5.91. The van der Waals surface area contributed by atoms with E-state index in [0.717, 1.165) is 24.6 Å². The zero-order valence-corrected chi connectivity index (χ0v) is 11.5. The van der Waals surface area contributed by atoms with E-state index in [1.807, 2.05) is 13.1 Å². The topological polar surface area (TPSA) is 45.6 Å². The van der Waals surface area contributed by atoms with E-state index in [1.54, 1.807) is 11.3 Å². The maximum absolute atomic E-state index is 9.25. The Morgan fingerprint density at radius 3 is 3.00 bits per heavy atom. The van der Waals surface area contributed by atoms with Crippen molar-refractivity contribution in [3.63, 3.8) is 0 Å². The zero-order valence-electron chi connectivity index (χ0n) is 10.6. The van der Waals surface area contributed by atoms with E-state index >= 15 is 0 Å². The minimum absolute atomic E-state index is 0.0761. The van der Waals surface area contributed by atoms with Crippen LogP contribution in [0.4, 0.5) is 0 Å². The predicted molar refractivity (Wildman–Crippen MR) is 68.2 cm³/mol. The molecule has 0 unspecified atom stereocenters. The van der Waals surface area contributed by atoms with Crippen LogP contribution in [0.25, 0.3) is 0 Å². The van der Waals surface area contributed by atoms with Gasteiger partial charge in [-0.3, -0.25) is 4.90 Å². The fraction of sp³-hybridized carbons (Fsp3) is 0.750. The van der Waals surface area contributed by atoms with Crippen molar-refractivity contribution in [3.8, 4) is 0 Å². The molecule has 5 heteroatoms. The SMILES string of the molecule is Cc1ncc(CN2C[C@H](CO)OC(C)(C)C2)s1. The summed E-state index contributed by atoms with van der Waals surface area (Å²) < 4.78 is 5.79. The third-order valence-corrected chi connectivity index (χ3v) is 3.70. The van der Waals surface area contributed by atoms with E-state index in [0.29, 0.717) is 0 Å².